The number of aromatic nitrogens is 4. The van der Waals surface area contributed by atoms with Gasteiger partial charge in [-0.25, -0.2) is 18.9 Å². The highest BCUT2D eigenvalue weighted by Crippen LogP contribution is 2.38. The van der Waals surface area contributed by atoms with Gasteiger partial charge in [0.2, 0.25) is 4.96 Å². The summed E-state index contributed by atoms with van der Waals surface area (Å²) in [6.45, 7) is 3.73. The summed E-state index contributed by atoms with van der Waals surface area (Å²) < 4.78 is 39.2. The van der Waals surface area contributed by atoms with Crippen LogP contribution < -0.4 is 14.2 Å². The number of halogens is 1. The van der Waals surface area contributed by atoms with Gasteiger partial charge in [-0.1, -0.05) is 13.3 Å². The van der Waals surface area contributed by atoms with Crippen LogP contribution in [-0.4, -0.2) is 33.8 Å². The smallest absolute Gasteiger partial charge is 0.294 e. The third kappa shape index (κ3) is 4.21. The second-order valence-electron chi connectivity index (χ2n) is 7.95. The number of ether oxygens (including phenoxy) is 3. The topological polar surface area (TPSA) is 83.9 Å². The molecule has 0 N–H and O–H groups in total. The Kier molecular flexibility index (Phi) is 5.90. The van der Waals surface area contributed by atoms with Crippen LogP contribution in [0.4, 0.5) is 4.39 Å². The lowest BCUT2D eigenvalue weighted by Crippen LogP contribution is -2.14. The Morgan fingerprint density at radius 3 is 2.76 bits per heavy atom. The maximum absolute atomic E-state index is 14.8. The molecule has 5 aromatic rings. The van der Waals surface area contributed by atoms with Crippen LogP contribution in [-0.2, 0) is 12.3 Å². The lowest BCUT2D eigenvalue weighted by molar-refractivity contribution is 0.174. The third-order valence-electron chi connectivity index (χ3n) is 5.35. The highest BCUT2D eigenvalue weighted by molar-refractivity contribution is 7.18. The predicted octanol–water partition coefficient (Wildman–Crippen LogP) is 6.24. The molecular weight excluding hydrogens is 479 g/mol. The fraction of sp³-hybridized carbons (Fsp3) is 0.348. The molecular formula is C23H23FN4O4S2. The summed E-state index contributed by atoms with van der Waals surface area (Å²) in [4.78, 5) is 9.74. The summed E-state index contributed by atoms with van der Waals surface area (Å²) >= 11 is 2.66. The molecule has 0 aliphatic rings. The largest absolute Gasteiger partial charge is 0.496 e. The minimum Gasteiger partial charge on any atom is -0.496 e. The molecule has 4 aromatic heterocycles. The molecule has 1 atom stereocenters. The maximum atomic E-state index is 14.8. The van der Waals surface area contributed by atoms with E-state index in [0.29, 0.717) is 55.8 Å². The highest BCUT2D eigenvalue weighted by atomic mass is 32.1. The van der Waals surface area contributed by atoms with Crippen molar-refractivity contribution in [1.82, 2.24) is 19.6 Å². The van der Waals surface area contributed by atoms with Gasteiger partial charge in [-0.3, -0.25) is 0 Å². The van der Waals surface area contributed by atoms with Gasteiger partial charge in [-0.2, -0.15) is 0 Å². The van der Waals surface area contributed by atoms with Crippen LogP contribution in [0.15, 0.2) is 34.2 Å². The number of benzene rings is 1. The number of imidazole rings is 1. The van der Waals surface area contributed by atoms with Gasteiger partial charge >= 0.3 is 0 Å². The number of hydrogen-bond donors (Lipinski definition) is 0. The third-order valence-corrected chi connectivity index (χ3v) is 7.37. The average Bonchev–Trinajstić information content (AvgIpc) is 3.59. The highest BCUT2D eigenvalue weighted by Gasteiger charge is 2.28. The average molecular weight is 503 g/mol. The molecule has 11 heteroatoms. The first kappa shape index (κ1) is 22.6. The Balaban J connectivity index is 1.43. The molecule has 0 radical (unpaired) electrons. The number of furan rings is 1. The zero-order valence-corrected chi connectivity index (χ0v) is 20.8. The second kappa shape index (κ2) is 8.88. The van der Waals surface area contributed by atoms with Crippen molar-refractivity contribution in [2.24, 2.45) is 0 Å². The van der Waals surface area contributed by atoms with E-state index in [-0.39, 0.29) is 6.61 Å². The van der Waals surface area contributed by atoms with E-state index in [0.717, 1.165) is 11.8 Å². The van der Waals surface area contributed by atoms with E-state index in [1.807, 2.05) is 18.4 Å². The Morgan fingerprint density at radius 2 is 2.03 bits per heavy atom. The fourth-order valence-corrected chi connectivity index (χ4v) is 5.26. The molecule has 0 spiro atoms. The maximum Gasteiger partial charge on any atom is 0.294 e. The predicted molar refractivity (Wildman–Crippen MR) is 129 cm³/mol. The number of hydrogen-bond acceptors (Lipinski definition) is 9. The van der Waals surface area contributed by atoms with E-state index in [4.69, 9.17) is 18.6 Å². The number of alkyl halides is 1. The van der Waals surface area contributed by atoms with Crippen LogP contribution in [0.25, 0.3) is 27.4 Å². The van der Waals surface area contributed by atoms with Gasteiger partial charge in [0.15, 0.2) is 11.4 Å². The molecule has 8 nitrogen and oxygen atoms in total. The summed E-state index contributed by atoms with van der Waals surface area (Å²) in [7, 11) is 3.15. The van der Waals surface area contributed by atoms with Crippen LogP contribution >= 0.6 is 22.7 Å². The number of thiazole rings is 1. The molecule has 0 saturated carbocycles. The van der Waals surface area contributed by atoms with E-state index in [9.17, 15) is 4.39 Å². The molecule has 0 amide bonds. The molecule has 5 rings (SSSR count). The quantitative estimate of drug-likeness (QED) is 0.236. The van der Waals surface area contributed by atoms with Gasteiger partial charge in [0.25, 0.3) is 5.19 Å². The number of rotatable bonds is 9. The molecule has 178 valence electrons. The number of nitrogens with zero attached hydrogens (tertiary/aromatic N) is 4. The Morgan fingerprint density at radius 1 is 1.18 bits per heavy atom. The lowest BCUT2D eigenvalue weighted by atomic mass is 10.0. The molecule has 0 bridgehead atoms. The van der Waals surface area contributed by atoms with Gasteiger partial charge in [0, 0.05) is 17.5 Å². The lowest BCUT2D eigenvalue weighted by Gasteiger charge is -2.15. The molecule has 0 aliphatic heterocycles. The van der Waals surface area contributed by atoms with Gasteiger partial charge in [-0.15, -0.1) is 16.4 Å². The summed E-state index contributed by atoms with van der Waals surface area (Å²) in [5, 5.41) is 7.91. The first-order chi connectivity index (χ1) is 16.4. The summed E-state index contributed by atoms with van der Waals surface area (Å²) in [5.41, 5.74) is 0.487. The van der Waals surface area contributed by atoms with E-state index >= 15 is 0 Å². The van der Waals surface area contributed by atoms with Crippen molar-refractivity contribution in [3.05, 3.63) is 40.5 Å². The van der Waals surface area contributed by atoms with Crippen molar-refractivity contribution < 1.29 is 23.0 Å². The van der Waals surface area contributed by atoms with E-state index in [2.05, 4.69) is 15.1 Å². The van der Waals surface area contributed by atoms with Crippen LogP contribution in [0.5, 0.6) is 16.7 Å². The molecule has 34 heavy (non-hydrogen) atoms. The van der Waals surface area contributed by atoms with E-state index < -0.39 is 5.67 Å². The van der Waals surface area contributed by atoms with Gasteiger partial charge in [0.05, 0.1) is 31.5 Å². The normalized spacial score (nSPS) is 13.4. The Hall–Kier alpha value is -3.18. The monoisotopic (exact) mass is 502 g/mol. The minimum atomic E-state index is -1.43. The van der Waals surface area contributed by atoms with E-state index in [1.54, 1.807) is 44.0 Å². The van der Waals surface area contributed by atoms with Crippen molar-refractivity contribution in [2.45, 2.75) is 39.0 Å². The van der Waals surface area contributed by atoms with Gasteiger partial charge < -0.3 is 18.6 Å². The molecule has 4 heterocycles. The first-order valence-electron chi connectivity index (χ1n) is 10.7. The molecule has 0 fully saturated rings. The Labute approximate surface area is 202 Å². The first-order valence-corrected chi connectivity index (χ1v) is 12.4. The summed E-state index contributed by atoms with van der Waals surface area (Å²) in [6, 6.07) is 5.47. The molecule has 1 aromatic carbocycles. The number of fused-ring (bicyclic) bond motifs is 2. The van der Waals surface area contributed by atoms with Gasteiger partial charge in [0.1, 0.15) is 34.4 Å². The fourth-order valence-electron chi connectivity index (χ4n) is 3.67. The standard InChI is InChI=1S/C23H23FN4O4S2/c1-5-6-23(2,24)20-25-13(12-33-20)11-31-17-7-14(29-3)8-18-15(17)9-19(32-18)16-10-28-21(26-16)34-22(27-28)30-4/h7-10,12H,5-6,11H2,1-4H3. The zero-order chi connectivity index (χ0) is 23.9. The van der Waals surface area contributed by atoms with Crippen molar-refractivity contribution in [3.8, 4) is 28.1 Å². The number of methoxy groups -OCH3 is 2. The molecule has 0 aliphatic carbocycles. The van der Waals surface area contributed by atoms with Crippen LogP contribution in [0, 0.1) is 0 Å². The SMILES string of the molecule is CCCC(C)(F)c1nc(COc2cc(OC)cc3oc(-c4cn5nc(OC)sc5n4)cc23)cs1. The van der Waals surface area contributed by atoms with Crippen molar-refractivity contribution in [2.75, 3.05) is 14.2 Å². The van der Waals surface area contributed by atoms with Crippen molar-refractivity contribution in [3.63, 3.8) is 0 Å². The van der Waals surface area contributed by atoms with Crippen LogP contribution in [0.3, 0.4) is 0 Å². The van der Waals surface area contributed by atoms with Crippen molar-refractivity contribution >= 4 is 38.6 Å². The molecule has 0 saturated heterocycles. The minimum absolute atomic E-state index is 0.200. The second-order valence-corrected chi connectivity index (χ2v) is 9.73. The summed E-state index contributed by atoms with van der Waals surface area (Å²) in [6.07, 6.45) is 2.97. The van der Waals surface area contributed by atoms with Gasteiger partial charge in [-0.05, 0) is 30.7 Å². The Bertz CT molecular complexity index is 1420. The van der Waals surface area contributed by atoms with Crippen LogP contribution in [0.1, 0.15) is 37.4 Å². The van der Waals surface area contributed by atoms with Crippen LogP contribution in [0.2, 0.25) is 0 Å². The van der Waals surface area contributed by atoms with Crippen molar-refractivity contribution in [1.29, 1.82) is 0 Å². The van der Waals surface area contributed by atoms with E-state index in [1.165, 1.54) is 22.7 Å². The summed E-state index contributed by atoms with van der Waals surface area (Å²) in [5.74, 6) is 1.75. The zero-order valence-electron chi connectivity index (χ0n) is 19.1. The molecule has 1 unspecified atom stereocenters.